The van der Waals surface area contributed by atoms with E-state index in [4.69, 9.17) is 0 Å². The van der Waals surface area contributed by atoms with Crippen LogP contribution < -0.4 is 5.32 Å². The summed E-state index contributed by atoms with van der Waals surface area (Å²) in [4.78, 5) is 26.9. The average molecular weight is 278 g/mol. The van der Waals surface area contributed by atoms with Crippen molar-refractivity contribution in [2.24, 2.45) is 11.8 Å². The first-order chi connectivity index (χ1) is 9.45. The molecule has 20 heavy (non-hydrogen) atoms. The summed E-state index contributed by atoms with van der Waals surface area (Å²) in [6.45, 7) is 8.68. The molecule has 0 aromatic carbocycles. The van der Waals surface area contributed by atoms with E-state index in [1.807, 2.05) is 26.8 Å². The Morgan fingerprint density at radius 2 is 2.05 bits per heavy atom. The molecule has 2 aliphatic rings. The number of carbonyl (C=O) groups excluding carboxylic acids is 2. The van der Waals surface area contributed by atoms with Gasteiger partial charge in [0.05, 0.1) is 0 Å². The Morgan fingerprint density at radius 3 is 2.55 bits per heavy atom. The highest BCUT2D eigenvalue weighted by Crippen LogP contribution is 2.37. The Kier molecular flexibility index (Phi) is 4.51. The maximum atomic E-state index is 12.7. The zero-order chi connectivity index (χ0) is 14.9. The first-order valence-electron chi connectivity index (χ1n) is 7.70. The lowest BCUT2D eigenvalue weighted by Crippen LogP contribution is -2.65. The standard InChI is InChI=1S/C16H26N2O2/c1-5-11(4)13-16(20)18(9-8-10(2)3)14(12-6-7-12)15(19)17-13/h8,11-14H,5-7,9H2,1-4H3,(H,17,19). The molecular formula is C16H26N2O2. The van der Waals surface area contributed by atoms with Gasteiger partial charge in [-0.3, -0.25) is 9.59 Å². The molecule has 3 unspecified atom stereocenters. The topological polar surface area (TPSA) is 49.4 Å². The molecule has 0 aromatic rings. The number of hydrogen-bond acceptors (Lipinski definition) is 2. The van der Waals surface area contributed by atoms with Crippen LogP contribution in [0, 0.1) is 11.8 Å². The van der Waals surface area contributed by atoms with Crippen LogP contribution in [-0.4, -0.2) is 35.3 Å². The molecule has 2 fully saturated rings. The average Bonchev–Trinajstić information content (AvgIpc) is 3.22. The maximum Gasteiger partial charge on any atom is 0.246 e. The van der Waals surface area contributed by atoms with Gasteiger partial charge in [-0.15, -0.1) is 0 Å². The molecule has 0 bridgehead atoms. The van der Waals surface area contributed by atoms with E-state index in [0.717, 1.165) is 19.3 Å². The van der Waals surface area contributed by atoms with E-state index < -0.39 is 0 Å². The highest BCUT2D eigenvalue weighted by atomic mass is 16.2. The van der Waals surface area contributed by atoms with Gasteiger partial charge in [0, 0.05) is 6.54 Å². The SMILES string of the molecule is CCC(C)C1NC(=O)C(C2CC2)N(CC=C(C)C)C1=O. The molecule has 1 N–H and O–H groups in total. The van der Waals surface area contributed by atoms with E-state index in [2.05, 4.69) is 12.2 Å². The zero-order valence-corrected chi connectivity index (χ0v) is 13.0. The summed E-state index contributed by atoms with van der Waals surface area (Å²) in [5.41, 5.74) is 1.18. The number of hydrogen-bond donors (Lipinski definition) is 1. The van der Waals surface area contributed by atoms with Gasteiger partial charge < -0.3 is 10.2 Å². The smallest absolute Gasteiger partial charge is 0.246 e. The van der Waals surface area contributed by atoms with Crippen molar-refractivity contribution in [3.05, 3.63) is 11.6 Å². The molecule has 0 aromatic heterocycles. The maximum absolute atomic E-state index is 12.7. The van der Waals surface area contributed by atoms with Crippen molar-refractivity contribution in [2.75, 3.05) is 6.54 Å². The fourth-order valence-corrected chi connectivity index (χ4v) is 2.74. The van der Waals surface area contributed by atoms with Gasteiger partial charge in [0.1, 0.15) is 12.1 Å². The number of allylic oxidation sites excluding steroid dienone is 1. The van der Waals surface area contributed by atoms with Gasteiger partial charge in [0.2, 0.25) is 11.8 Å². The second kappa shape index (κ2) is 5.98. The third-order valence-electron chi connectivity index (χ3n) is 4.43. The van der Waals surface area contributed by atoms with Crippen LogP contribution in [0.5, 0.6) is 0 Å². The Hall–Kier alpha value is -1.32. The fourth-order valence-electron chi connectivity index (χ4n) is 2.74. The lowest BCUT2D eigenvalue weighted by Gasteiger charge is -2.40. The number of nitrogens with one attached hydrogen (secondary N) is 1. The predicted molar refractivity (Wildman–Crippen MR) is 79.0 cm³/mol. The Balaban J connectivity index is 2.21. The van der Waals surface area contributed by atoms with Gasteiger partial charge in [-0.25, -0.2) is 0 Å². The summed E-state index contributed by atoms with van der Waals surface area (Å²) in [5, 5.41) is 2.96. The number of carbonyl (C=O) groups is 2. The van der Waals surface area contributed by atoms with E-state index in [9.17, 15) is 9.59 Å². The van der Waals surface area contributed by atoms with Crippen LogP contribution in [0.25, 0.3) is 0 Å². The van der Waals surface area contributed by atoms with Crippen molar-refractivity contribution in [3.8, 4) is 0 Å². The highest BCUT2D eigenvalue weighted by molar-refractivity contribution is 5.97. The van der Waals surface area contributed by atoms with E-state index >= 15 is 0 Å². The molecule has 2 amide bonds. The first-order valence-corrected chi connectivity index (χ1v) is 7.70. The van der Waals surface area contributed by atoms with Crippen LogP contribution in [-0.2, 0) is 9.59 Å². The van der Waals surface area contributed by atoms with E-state index in [0.29, 0.717) is 12.5 Å². The van der Waals surface area contributed by atoms with Crippen LogP contribution in [0.1, 0.15) is 47.0 Å². The number of piperazine rings is 1. The largest absolute Gasteiger partial charge is 0.342 e. The quantitative estimate of drug-likeness (QED) is 0.783. The minimum atomic E-state index is -0.354. The van der Waals surface area contributed by atoms with Crippen LogP contribution in [0.15, 0.2) is 11.6 Å². The monoisotopic (exact) mass is 278 g/mol. The Morgan fingerprint density at radius 1 is 1.40 bits per heavy atom. The van der Waals surface area contributed by atoms with E-state index in [1.54, 1.807) is 4.90 Å². The normalized spacial score (nSPS) is 28.1. The second-order valence-electron chi connectivity index (χ2n) is 6.43. The molecule has 1 aliphatic carbocycles. The van der Waals surface area contributed by atoms with Gasteiger partial charge in [0.15, 0.2) is 0 Å². The van der Waals surface area contributed by atoms with Crippen molar-refractivity contribution in [1.82, 2.24) is 10.2 Å². The molecule has 4 heteroatoms. The molecule has 3 atom stereocenters. The molecule has 4 nitrogen and oxygen atoms in total. The second-order valence-corrected chi connectivity index (χ2v) is 6.43. The van der Waals surface area contributed by atoms with Crippen molar-refractivity contribution >= 4 is 11.8 Å². The summed E-state index contributed by atoms with van der Waals surface area (Å²) in [7, 11) is 0. The van der Waals surface area contributed by atoms with Gasteiger partial charge >= 0.3 is 0 Å². The molecule has 0 spiro atoms. The highest BCUT2D eigenvalue weighted by Gasteiger charge is 2.48. The van der Waals surface area contributed by atoms with Crippen molar-refractivity contribution in [3.63, 3.8) is 0 Å². The van der Waals surface area contributed by atoms with E-state index in [1.165, 1.54) is 5.57 Å². The minimum absolute atomic E-state index is 0.0413. The van der Waals surface area contributed by atoms with Gasteiger partial charge in [0.25, 0.3) is 0 Å². The third kappa shape index (κ3) is 3.05. The van der Waals surface area contributed by atoms with Crippen molar-refractivity contribution < 1.29 is 9.59 Å². The molecule has 1 heterocycles. The number of amides is 2. The Bertz CT molecular complexity index is 422. The first kappa shape index (κ1) is 15.1. The van der Waals surface area contributed by atoms with Gasteiger partial charge in [-0.05, 0) is 38.5 Å². The van der Waals surface area contributed by atoms with Crippen LogP contribution in [0.2, 0.25) is 0 Å². The zero-order valence-electron chi connectivity index (χ0n) is 13.0. The summed E-state index contributed by atoms with van der Waals surface area (Å²) in [6, 6.07) is -0.605. The molecule has 1 saturated heterocycles. The van der Waals surface area contributed by atoms with Crippen LogP contribution in [0.3, 0.4) is 0 Å². The summed E-state index contributed by atoms with van der Waals surface area (Å²) >= 11 is 0. The summed E-state index contributed by atoms with van der Waals surface area (Å²) in [5.74, 6) is 0.677. The van der Waals surface area contributed by atoms with Crippen molar-refractivity contribution in [2.45, 2.75) is 59.0 Å². The number of rotatable bonds is 5. The van der Waals surface area contributed by atoms with Crippen LogP contribution >= 0.6 is 0 Å². The molecular weight excluding hydrogens is 252 g/mol. The summed E-state index contributed by atoms with van der Waals surface area (Å²) in [6.07, 6.45) is 5.05. The molecule has 1 aliphatic heterocycles. The molecule has 0 radical (unpaired) electrons. The Labute approximate surface area is 121 Å². The van der Waals surface area contributed by atoms with E-state index in [-0.39, 0.29) is 29.8 Å². The lowest BCUT2D eigenvalue weighted by molar-refractivity contribution is -0.151. The van der Waals surface area contributed by atoms with Gasteiger partial charge in [-0.1, -0.05) is 31.9 Å². The molecule has 2 rings (SSSR count). The fraction of sp³-hybridized carbons (Fsp3) is 0.750. The van der Waals surface area contributed by atoms with Crippen LogP contribution in [0.4, 0.5) is 0 Å². The molecule has 112 valence electrons. The summed E-state index contributed by atoms with van der Waals surface area (Å²) < 4.78 is 0. The number of nitrogens with zero attached hydrogens (tertiary/aromatic N) is 1. The molecule has 1 saturated carbocycles. The third-order valence-corrected chi connectivity index (χ3v) is 4.43. The predicted octanol–water partition coefficient (Wildman–Crippen LogP) is 2.10. The lowest BCUT2D eigenvalue weighted by atomic mass is 9.93. The van der Waals surface area contributed by atoms with Gasteiger partial charge in [-0.2, -0.15) is 0 Å². The van der Waals surface area contributed by atoms with Crippen molar-refractivity contribution in [1.29, 1.82) is 0 Å². The minimum Gasteiger partial charge on any atom is -0.342 e.